The highest BCUT2D eigenvalue weighted by atomic mass is 16.1. The topological polar surface area (TPSA) is 95.1 Å². The first-order valence-electron chi connectivity index (χ1n) is 4.43. The highest BCUT2D eigenvalue weighted by molar-refractivity contribution is 5.79. The molecule has 0 aliphatic carbocycles. The molecule has 0 bridgehead atoms. The minimum absolute atomic E-state index is 0.408. The lowest BCUT2D eigenvalue weighted by Crippen LogP contribution is -2.36. The normalized spacial score (nSPS) is 12.8. The minimum Gasteiger partial charge on any atom is -0.368 e. The molecule has 0 fully saturated rings. The first-order chi connectivity index (χ1) is 5.68. The van der Waals surface area contributed by atoms with E-state index in [0.29, 0.717) is 6.42 Å². The molecule has 6 N–H and O–H groups in total. The van der Waals surface area contributed by atoms with Gasteiger partial charge >= 0.3 is 0 Å². The Hall–Kier alpha value is -0.610. The van der Waals surface area contributed by atoms with Gasteiger partial charge in [-0.15, -0.1) is 0 Å². The summed E-state index contributed by atoms with van der Waals surface area (Å²) in [5.74, 6) is -0.408. The number of hydrogen-bond donors (Lipinski definition) is 3. The van der Waals surface area contributed by atoms with Gasteiger partial charge in [-0.25, -0.2) is 0 Å². The Morgan fingerprint density at radius 1 is 1.17 bits per heavy atom. The monoisotopic (exact) mass is 173 g/mol. The van der Waals surface area contributed by atoms with Crippen LogP contribution in [0.3, 0.4) is 0 Å². The van der Waals surface area contributed by atoms with Crippen molar-refractivity contribution in [3.63, 3.8) is 0 Å². The van der Waals surface area contributed by atoms with Crippen LogP contribution in [0.1, 0.15) is 32.1 Å². The quantitative estimate of drug-likeness (QED) is 0.461. The second-order valence-corrected chi connectivity index (χ2v) is 3.00. The molecule has 1 unspecified atom stereocenters. The second kappa shape index (κ2) is 7.06. The molecule has 0 aliphatic heterocycles. The van der Waals surface area contributed by atoms with Crippen molar-refractivity contribution in [1.82, 2.24) is 0 Å². The Morgan fingerprint density at radius 2 is 1.75 bits per heavy atom. The van der Waals surface area contributed by atoms with Gasteiger partial charge in [0.1, 0.15) is 0 Å². The standard InChI is InChI=1S/C8H19N3O/c9-6-4-2-1-3-5-7(10)8(11)12/h7H,1-6,9-10H2,(H2,11,12). The number of hydrogen-bond acceptors (Lipinski definition) is 3. The summed E-state index contributed by atoms with van der Waals surface area (Å²) in [4.78, 5) is 10.5. The van der Waals surface area contributed by atoms with E-state index in [0.717, 1.165) is 32.2 Å². The largest absolute Gasteiger partial charge is 0.368 e. The molecule has 4 nitrogen and oxygen atoms in total. The Morgan fingerprint density at radius 3 is 2.25 bits per heavy atom. The predicted octanol–water partition coefficient (Wildman–Crippen LogP) is -0.292. The maximum Gasteiger partial charge on any atom is 0.234 e. The van der Waals surface area contributed by atoms with Gasteiger partial charge in [0.25, 0.3) is 0 Å². The van der Waals surface area contributed by atoms with Gasteiger partial charge in [-0.1, -0.05) is 19.3 Å². The van der Waals surface area contributed by atoms with Gasteiger partial charge in [0.2, 0.25) is 5.91 Å². The lowest BCUT2D eigenvalue weighted by Gasteiger charge is -2.05. The van der Waals surface area contributed by atoms with Crippen molar-refractivity contribution >= 4 is 5.91 Å². The van der Waals surface area contributed by atoms with Crippen LogP contribution < -0.4 is 17.2 Å². The maximum absolute atomic E-state index is 10.5. The number of nitrogens with two attached hydrogens (primary N) is 3. The van der Waals surface area contributed by atoms with E-state index in [1.807, 2.05) is 0 Å². The van der Waals surface area contributed by atoms with Crippen LogP contribution in [0, 0.1) is 0 Å². The fourth-order valence-electron chi connectivity index (χ4n) is 1.00. The fraction of sp³-hybridized carbons (Fsp3) is 0.875. The molecule has 0 spiro atoms. The average molecular weight is 173 g/mol. The highest BCUT2D eigenvalue weighted by Gasteiger charge is 2.07. The van der Waals surface area contributed by atoms with Gasteiger partial charge < -0.3 is 17.2 Å². The van der Waals surface area contributed by atoms with Crippen molar-refractivity contribution < 1.29 is 4.79 Å². The molecule has 0 rings (SSSR count). The third-order valence-corrected chi connectivity index (χ3v) is 1.83. The zero-order valence-corrected chi connectivity index (χ0v) is 7.46. The average Bonchev–Trinajstić information content (AvgIpc) is 2.03. The number of primary amides is 1. The Kier molecular flexibility index (Phi) is 6.70. The third-order valence-electron chi connectivity index (χ3n) is 1.83. The van der Waals surface area contributed by atoms with Crippen molar-refractivity contribution in [1.29, 1.82) is 0 Å². The van der Waals surface area contributed by atoms with Crippen LogP contribution in [-0.2, 0) is 4.79 Å². The summed E-state index contributed by atoms with van der Waals surface area (Å²) in [6.07, 6.45) is 4.90. The van der Waals surface area contributed by atoms with Crippen LogP contribution in [0.15, 0.2) is 0 Å². The maximum atomic E-state index is 10.5. The number of amides is 1. The molecule has 0 saturated carbocycles. The first kappa shape index (κ1) is 11.4. The van der Waals surface area contributed by atoms with Crippen molar-refractivity contribution in [2.75, 3.05) is 6.54 Å². The van der Waals surface area contributed by atoms with E-state index in [1.165, 1.54) is 0 Å². The van der Waals surface area contributed by atoms with Gasteiger partial charge in [-0.05, 0) is 19.4 Å². The summed E-state index contributed by atoms with van der Waals surface area (Å²) in [6.45, 7) is 0.738. The SMILES string of the molecule is NCCCCCCC(N)C(N)=O. The molecule has 0 aliphatic rings. The van der Waals surface area contributed by atoms with Crippen molar-refractivity contribution in [2.24, 2.45) is 17.2 Å². The molecule has 0 aromatic heterocycles. The summed E-state index contributed by atoms with van der Waals surface area (Å²) in [6, 6.07) is -0.470. The van der Waals surface area contributed by atoms with Gasteiger partial charge in [0.15, 0.2) is 0 Å². The Bertz CT molecular complexity index is 127. The third kappa shape index (κ3) is 6.12. The Balaban J connectivity index is 3.14. The molecule has 72 valence electrons. The predicted molar refractivity (Wildman–Crippen MR) is 49.3 cm³/mol. The molecule has 1 atom stereocenters. The smallest absolute Gasteiger partial charge is 0.234 e. The number of carbonyl (C=O) groups is 1. The van der Waals surface area contributed by atoms with Crippen LogP contribution >= 0.6 is 0 Å². The Labute approximate surface area is 73.5 Å². The van der Waals surface area contributed by atoms with E-state index in [4.69, 9.17) is 17.2 Å². The summed E-state index contributed by atoms with van der Waals surface area (Å²) in [5.41, 5.74) is 15.7. The summed E-state index contributed by atoms with van der Waals surface area (Å²) < 4.78 is 0. The molecule has 0 aromatic carbocycles. The summed E-state index contributed by atoms with van der Waals surface area (Å²) in [5, 5.41) is 0. The summed E-state index contributed by atoms with van der Waals surface area (Å²) in [7, 11) is 0. The van der Waals surface area contributed by atoms with Crippen LogP contribution in [-0.4, -0.2) is 18.5 Å². The molecule has 0 saturated heterocycles. The van der Waals surface area contributed by atoms with Crippen LogP contribution in [0.2, 0.25) is 0 Å². The molecule has 0 radical (unpaired) electrons. The number of unbranched alkanes of at least 4 members (excludes halogenated alkanes) is 3. The second-order valence-electron chi connectivity index (χ2n) is 3.00. The van der Waals surface area contributed by atoms with Crippen LogP contribution in [0.5, 0.6) is 0 Å². The molecular formula is C8H19N3O. The van der Waals surface area contributed by atoms with Gasteiger partial charge in [0.05, 0.1) is 6.04 Å². The zero-order valence-electron chi connectivity index (χ0n) is 7.46. The van der Waals surface area contributed by atoms with Gasteiger partial charge in [-0.2, -0.15) is 0 Å². The van der Waals surface area contributed by atoms with Gasteiger partial charge in [0, 0.05) is 0 Å². The molecule has 4 heteroatoms. The molecule has 12 heavy (non-hydrogen) atoms. The van der Waals surface area contributed by atoms with E-state index in [2.05, 4.69) is 0 Å². The van der Waals surface area contributed by atoms with E-state index >= 15 is 0 Å². The highest BCUT2D eigenvalue weighted by Crippen LogP contribution is 2.03. The van der Waals surface area contributed by atoms with E-state index in [1.54, 1.807) is 0 Å². The van der Waals surface area contributed by atoms with E-state index in [-0.39, 0.29) is 0 Å². The lowest BCUT2D eigenvalue weighted by atomic mass is 10.1. The lowest BCUT2D eigenvalue weighted by molar-refractivity contribution is -0.119. The molecule has 0 aromatic rings. The van der Waals surface area contributed by atoms with E-state index < -0.39 is 11.9 Å². The molecule has 0 heterocycles. The summed E-state index contributed by atoms with van der Waals surface area (Å²) >= 11 is 0. The fourth-order valence-corrected chi connectivity index (χ4v) is 1.00. The van der Waals surface area contributed by atoms with Gasteiger partial charge in [-0.3, -0.25) is 4.79 Å². The van der Waals surface area contributed by atoms with Crippen molar-refractivity contribution in [3.8, 4) is 0 Å². The number of carbonyl (C=O) groups excluding carboxylic acids is 1. The molecule has 1 amide bonds. The van der Waals surface area contributed by atoms with Crippen LogP contribution in [0.25, 0.3) is 0 Å². The number of rotatable bonds is 7. The van der Waals surface area contributed by atoms with Crippen molar-refractivity contribution in [2.45, 2.75) is 38.1 Å². The first-order valence-corrected chi connectivity index (χ1v) is 4.43. The van der Waals surface area contributed by atoms with Crippen molar-refractivity contribution in [3.05, 3.63) is 0 Å². The zero-order chi connectivity index (χ0) is 9.40. The minimum atomic E-state index is -0.470. The van der Waals surface area contributed by atoms with E-state index in [9.17, 15) is 4.79 Å². The van der Waals surface area contributed by atoms with Crippen LogP contribution in [0.4, 0.5) is 0 Å². The molecular weight excluding hydrogens is 154 g/mol.